The molecule has 0 saturated heterocycles. The molecule has 0 unspecified atom stereocenters. The van der Waals surface area contributed by atoms with Crippen LogP contribution in [0.4, 0.5) is 0 Å². The molecule has 13 heavy (non-hydrogen) atoms. The average molecular weight is 223 g/mol. The minimum absolute atomic E-state index is 0.180. The second-order valence-electron chi connectivity index (χ2n) is 2.23. The third-order valence-electron chi connectivity index (χ3n) is 1.43. The Morgan fingerprint density at radius 2 is 1.77 bits per heavy atom. The van der Waals surface area contributed by atoms with E-state index in [0.717, 1.165) is 0 Å². The zero-order valence-corrected chi connectivity index (χ0v) is 8.69. The van der Waals surface area contributed by atoms with Crippen LogP contribution in [0.3, 0.4) is 0 Å². The molecule has 0 amide bonds. The van der Waals surface area contributed by atoms with Gasteiger partial charge in [-0.25, -0.2) is 0 Å². The molecule has 0 aliphatic heterocycles. The Balaban J connectivity index is 3.18. The molecule has 72 valence electrons. The van der Waals surface area contributed by atoms with E-state index in [1.165, 1.54) is 7.11 Å². The molecule has 0 aliphatic carbocycles. The number of halogens is 2. The van der Waals surface area contributed by atoms with Crippen LogP contribution in [0.2, 0.25) is 10.3 Å². The molecule has 0 aromatic carbocycles. The Labute approximate surface area is 85.8 Å². The molecular formula is C7H8Cl2N2O2. The summed E-state index contributed by atoms with van der Waals surface area (Å²) < 4.78 is 9.93. The van der Waals surface area contributed by atoms with E-state index in [1.54, 1.807) is 7.11 Å². The summed E-state index contributed by atoms with van der Waals surface area (Å²) in [5, 5.41) is 7.64. The molecule has 4 nitrogen and oxygen atoms in total. The van der Waals surface area contributed by atoms with Crippen molar-refractivity contribution < 1.29 is 9.47 Å². The lowest BCUT2D eigenvalue weighted by atomic mass is 10.3. The third kappa shape index (κ3) is 2.21. The molecule has 0 saturated carbocycles. The fraction of sp³-hybridized carbons (Fsp3) is 0.429. The lowest BCUT2D eigenvalue weighted by molar-refractivity contribution is 0.181. The third-order valence-corrected chi connectivity index (χ3v) is 1.98. The maximum atomic E-state index is 5.77. The Bertz CT molecular complexity index is 307. The fourth-order valence-electron chi connectivity index (χ4n) is 0.889. The van der Waals surface area contributed by atoms with Crippen molar-refractivity contribution in [3.63, 3.8) is 0 Å². The predicted molar refractivity (Wildman–Crippen MR) is 49.3 cm³/mol. The standard InChI is InChI=1S/C7H8Cl2N2O2/c1-12-3-4-5(13-2)7(9)11-10-6(4)8/h3H2,1-2H3. The van der Waals surface area contributed by atoms with Gasteiger partial charge in [0.15, 0.2) is 16.1 Å². The van der Waals surface area contributed by atoms with Crippen LogP contribution in [0.5, 0.6) is 5.75 Å². The van der Waals surface area contributed by atoms with E-state index in [4.69, 9.17) is 32.7 Å². The smallest absolute Gasteiger partial charge is 0.194 e. The first-order valence-electron chi connectivity index (χ1n) is 3.44. The van der Waals surface area contributed by atoms with E-state index in [1.807, 2.05) is 0 Å². The molecule has 0 fully saturated rings. The Morgan fingerprint density at radius 1 is 1.15 bits per heavy atom. The van der Waals surface area contributed by atoms with Crippen molar-refractivity contribution in [2.45, 2.75) is 6.61 Å². The SMILES string of the molecule is COCc1c(Cl)nnc(Cl)c1OC. The van der Waals surface area contributed by atoms with Crippen LogP contribution in [0.1, 0.15) is 5.56 Å². The minimum Gasteiger partial charge on any atom is -0.493 e. The number of hydrogen-bond donors (Lipinski definition) is 0. The largest absolute Gasteiger partial charge is 0.493 e. The fourth-order valence-corrected chi connectivity index (χ4v) is 1.30. The topological polar surface area (TPSA) is 44.2 Å². The molecule has 1 aromatic rings. The number of rotatable bonds is 3. The maximum absolute atomic E-state index is 5.77. The summed E-state index contributed by atoms with van der Waals surface area (Å²) in [6.45, 7) is 0.289. The van der Waals surface area contributed by atoms with Gasteiger partial charge < -0.3 is 9.47 Å². The van der Waals surface area contributed by atoms with Crippen LogP contribution in [0, 0.1) is 0 Å². The van der Waals surface area contributed by atoms with Crippen LogP contribution in [0.15, 0.2) is 0 Å². The van der Waals surface area contributed by atoms with E-state index < -0.39 is 0 Å². The Hall–Kier alpha value is -0.580. The van der Waals surface area contributed by atoms with Crippen molar-refractivity contribution in [2.75, 3.05) is 14.2 Å². The van der Waals surface area contributed by atoms with E-state index in [-0.39, 0.29) is 16.9 Å². The van der Waals surface area contributed by atoms with Gasteiger partial charge in [-0.15, -0.1) is 10.2 Å². The van der Waals surface area contributed by atoms with Gasteiger partial charge in [0, 0.05) is 7.11 Å². The molecule has 0 bridgehead atoms. The van der Waals surface area contributed by atoms with Gasteiger partial charge in [-0.2, -0.15) is 0 Å². The number of hydrogen-bond acceptors (Lipinski definition) is 4. The highest BCUT2D eigenvalue weighted by Gasteiger charge is 2.14. The number of ether oxygens (including phenoxy) is 2. The monoisotopic (exact) mass is 222 g/mol. The summed E-state index contributed by atoms with van der Waals surface area (Å²) >= 11 is 11.5. The van der Waals surface area contributed by atoms with Gasteiger partial charge >= 0.3 is 0 Å². The van der Waals surface area contributed by atoms with Gasteiger partial charge in [0.2, 0.25) is 0 Å². The summed E-state index contributed by atoms with van der Waals surface area (Å²) in [6, 6.07) is 0. The highest BCUT2D eigenvalue weighted by Crippen LogP contribution is 2.30. The summed E-state index contributed by atoms with van der Waals surface area (Å²) in [6.07, 6.45) is 0. The molecule has 1 rings (SSSR count). The highest BCUT2D eigenvalue weighted by atomic mass is 35.5. The van der Waals surface area contributed by atoms with Crippen LogP contribution >= 0.6 is 23.2 Å². The molecular weight excluding hydrogens is 215 g/mol. The van der Waals surface area contributed by atoms with Crippen molar-refractivity contribution in [3.05, 3.63) is 15.9 Å². The predicted octanol–water partition coefficient (Wildman–Crippen LogP) is 1.94. The van der Waals surface area contributed by atoms with E-state index >= 15 is 0 Å². The van der Waals surface area contributed by atoms with Crippen LogP contribution in [-0.4, -0.2) is 24.4 Å². The first-order valence-corrected chi connectivity index (χ1v) is 4.19. The molecule has 0 atom stereocenters. The van der Waals surface area contributed by atoms with Crippen LogP contribution in [-0.2, 0) is 11.3 Å². The number of aromatic nitrogens is 2. The zero-order valence-electron chi connectivity index (χ0n) is 7.17. The summed E-state index contributed by atoms with van der Waals surface area (Å²) in [4.78, 5) is 0. The van der Waals surface area contributed by atoms with Crippen molar-refractivity contribution in [2.24, 2.45) is 0 Å². The maximum Gasteiger partial charge on any atom is 0.194 e. The quantitative estimate of drug-likeness (QED) is 0.785. The molecule has 1 aromatic heterocycles. The molecule has 0 N–H and O–H groups in total. The zero-order chi connectivity index (χ0) is 9.84. The van der Waals surface area contributed by atoms with E-state index in [9.17, 15) is 0 Å². The van der Waals surface area contributed by atoms with Crippen LogP contribution < -0.4 is 4.74 Å². The van der Waals surface area contributed by atoms with Crippen LogP contribution in [0.25, 0.3) is 0 Å². The van der Waals surface area contributed by atoms with E-state index in [0.29, 0.717) is 11.3 Å². The van der Waals surface area contributed by atoms with Crippen molar-refractivity contribution in [1.29, 1.82) is 0 Å². The normalized spacial score (nSPS) is 10.2. The van der Waals surface area contributed by atoms with Crippen molar-refractivity contribution in [1.82, 2.24) is 10.2 Å². The van der Waals surface area contributed by atoms with Gasteiger partial charge in [-0.3, -0.25) is 0 Å². The van der Waals surface area contributed by atoms with Gasteiger partial charge in [0.1, 0.15) is 0 Å². The average Bonchev–Trinajstić information content (AvgIpc) is 2.12. The Morgan fingerprint density at radius 3 is 2.31 bits per heavy atom. The van der Waals surface area contributed by atoms with Gasteiger partial charge in [-0.05, 0) is 0 Å². The summed E-state index contributed by atoms with van der Waals surface area (Å²) in [7, 11) is 3.03. The van der Waals surface area contributed by atoms with Gasteiger partial charge in [0.25, 0.3) is 0 Å². The summed E-state index contributed by atoms with van der Waals surface area (Å²) in [5.74, 6) is 0.406. The Kier molecular flexibility index (Phi) is 3.71. The van der Waals surface area contributed by atoms with E-state index in [2.05, 4.69) is 10.2 Å². The van der Waals surface area contributed by atoms with Gasteiger partial charge in [0.05, 0.1) is 19.3 Å². The number of methoxy groups -OCH3 is 2. The molecule has 1 heterocycles. The number of nitrogens with zero attached hydrogens (tertiary/aromatic N) is 2. The second-order valence-corrected chi connectivity index (χ2v) is 2.94. The highest BCUT2D eigenvalue weighted by molar-refractivity contribution is 6.33. The lowest BCUT2D eigenvalue weighted by Gasteiger charge is -2.08. The molecule has 0 aliphatic rings. The van der Waals surface area contributed by atoms with Crippen molar-refractivity contribution in [3.8, 4) is 5.75 Å². The van der Waals surface area contributed by atoms with Gasteiger partial charge in [-0.1, -0.05) is 23.2 Å². The molecule has 0 spiro atoms. The minimum atomic E-state index is 0.180. The molecule has 0 radical (unpaired) electrons. The first kappa shape index (κ1) is 10.5. The lowest BCUT2D eigenvalue weighted by Crippen LogP contribution is -2.00. The first-order chi connectivity index (χ1) is 6.20. The summed E-state index contributed by atoms with van der Waals surface area (Å²) in [5.41, 5.74) is 0.603. The molecule has 6 heteroatoms. The van der Waals surface area contributed by atoms with Crippen molar-refractivity contribution >= 4 is 23.2 Å². The second kappa shape index (κ2) is 4.60.